The van der Waals surface area contributed by atoms with Crippen molar-refractivity contribution in [2.24, 2.45) is 0 Å². The Morgan fingerprint density at radius 2 is 2.06 bits per heavy atom. The standard InChI is InChI=1S/C27H22ClFN4O3/c28-21-9-18(5-6-25(21)35-14-16-3-1-2-4-22(16)29)33-27-17(12-30)13-32-24-11-26(23(31)10-20(24)27)36-19-7-8-34-15-19/h1-6,9-11,13,19H,7-8,14-15,31H2,(H,32,33). The number of aromatic nitrogens is 1. The average molecular weight is 505 g/mol. The second-order valence-corrected chi connectivity index (χ2v) is 8.73. The van der Waals surface area contributed by atoms with Crippen LogP contribution in [0.4, 0.5) is 21.5 Å². The van der Waals surface area contributed by atoms with Gasteiger partial charge in [-0.2, -0.15) is 5.26 Å². The van der Waals surface area contributed by atoms with Gasteiger partial charge < -0.3 is 25.3 Å². The second-order valence-electron chi connectivity index (χ2n) is 8.32. The number of nitrogens with zero attached hydrogens (tertiary/aromatic N) is 2. The predicted molar refractivity (Wildman–Crippen MR) is 136 cm³/mol. The van der Waals surface area contributed by atoms with Gasteiger partial charge in [0.2, 0.25) is 0 Å². The summed E-state index contributed by atoms with van der Waals surface area (Å²) < 4.78 is 30.9. The summed E-state index contributed by atoms with van der Waals surface area (Å²) in [6.45, 7) is 1.22. The molecule has 0 radical (unpaired) electrons. The van der Waals surface area contributed by atoms with Crippen molar-refractivity contribution < 1.29 is 18.6 Å². The summed E-state index contributed by atoms with van der Waals surface area (Å²) >= 11 is 6.44. The summed E-state index contributed by atoms with van der Waals surface area (Å²) in [5, 5.41) is 14.0. The SMILES string of the molecule is N#Cc1cnc2cc(OC3CCOC3)c(N)cc2c1Nc1ccc(OCc2ccccc2F)c(Cl)c1. The molecule has 1 aromatic heterocycles. The van der Waals surface area contributed by atoms with E-state index >= 15 is 0 Å². The number of rotatable bonds is 7. The Labute approximate surface area is 212 Å². The summed E-state index contributed by atoms with van der Waals surface area (Å²) in [7, 11) is 0. The first-order chi connectivity index (χ1) is 17.5. The Morgan fingerprint density at radius 1 is 1.19 bits per heavy atom. The van der Waals surface area contributed by atoms with Crippen molar-refractivity contribution in [1.82, 2.24) is 4.98 Å². The van der Waals surface area contributed by atoms with Crippen LogP contribution in [0.5, 0.6) is 11.5 Å². The van der Waals surface area contributed by atoms with E-state index in [0.717, 1.165) is 6.42 Å². The molecule has 182 valence electrons. The van der Waals surface area contributed by atoms with E-state index in [0.29, 0.717) is 68.8 Å². The van der Waals surface area contributed by atoms with Crippen LogP contribution in [0.25, 0.3) is 10.9 Å². The molecule has 0 amide bonds. The number of nitrogens with two attached hydrogens (primary N) is 1. The number of halogens is 2. The molecule has 3 N–H and O–H groups in total. The van der Waals surface area contributed by atoms with Gasteiger partial charge in [-0.15, -0.1) is 0 Å². The number of benzene rings is 3. The lowest BCUT2D eigenvalue weighted by molar-refractivity contribution is 0.142. The molecule has 3 aromatic carbocycles. The number of hydrogen-bond donors (Lipinski definition) is 2. The van der Waals surface area contributed by atoms with Crippen LogP contribution in [-0.2, 0) is 11.3 Å². The minimum Gasteiger partial charge on any atom is -0.487 e. The van der Waals surface area contributed by atoms with Crippen molar-refractivity contribution >= 4 is 39.6 Å². The summed E-state index contributed by atoms with van der Waals surface area (Å²) in [6.07, 6.45) is 2.24. The van der Waals surface area contributed by atoms with Gasteiger partial charge in [-0.25, -0.2) is 4.39 Å². The molecule has 9 heteroatoms. The molecule has 0 saturated carbocycles. The molecule has 4 aromatic rings. The molecule has 1 aliphatic heterocycles. The fourth-order valence-corrected chi connectivity index (χ4v) is 4.19. The normalized spacial score (nSPS) is 15.0. The van der Waals surface area contributed by atoms with Crippen molar-refractivity contribution in [2.75, 3.05) is 24.3 Å². The van der Waals surface area contributed by atoms with Gasteiger partial charge in [-0.3, -0.25) is 4.98 Å². The third-order valence-electron chi connectivity index (χ3n) is 5.84. The third kappa shape index (κ3) is 4.98. The molecule has 36 heavy (non-hydrogen) atoms. The zero-order valence-corrected chi connectivity index (χ0v) is 19.9. The molecule has 0 spiro atoms. The fourth-order valence-electron chi connectivity index (χ4n) is 3.95. The molecule has 1 fully saturated rings. The molecular weight excluding hydrogens is 483 g/mol. The molecular formula is C27H22ClFN4O3. The van der Waals surface area contributed by atoms with Crippen molar-refractivity contribution in [1.29, 1.82) is 5.26 Å². The van der Waals surface area contributed by atoms with Crippen LogP contribution in [0.1, 0.15) is 17.5 Å². The predicted octanol–water partition coefficient (Wildman–Crippen LogP) is 5.97. The van der Waals surface area contributed by atoms with Crippen LogP contribution < -0.4 is 20.5 Å². The van der Waals surface area contributed by atoms with E-state index in [1.165, 1.54) is 12.3 Å². The van der Waals surface area contributed by atoms with Gasteiger partial charge in [0.1, 0.15) is 36.1 Å². The van der Waals surface area contributed by atoms with Crippen molar-refractivity contribution in [3.05, 3.63) is 82.8 Å². The molecule has 0 bridgehead atoms. The lowest BCUT2D eigenvalue weighted by atomic mass is 10.1. The highest BCUT2D eigenvalue weighted by Gasteiger charge is 2.20. The van der Waals surface area contributed by atoms with Gasteiger partial charge in [0.15, 0.2) is 0 Å². The molecule has 1 saturated heterocycles. The van der Waals surface area contributed by atoms with Crippen LogP contribution in [0.3, 0.4) is 0 Å². The van der Waals surface area contributed by atoms with Gasteiger partial charge in [0.05, 0.1) is 40.7 Å². The monoisotopic (exact) mass is 504 g/mol. The van der Waals surface area contributed by atoms with E-state index in [2.05, 4.69) is 16.4 Å². The Morgan fingerprint density at radius 3 is 2.81 bits per heavy atom. The van der Waals surface area contributed by atoms with Gasteiger partial charge in [0.25, 0.3) is 0 Å². The number of ether oxygens (including phenoxy) is 3. The van der Waals surface area contributed by atoms with Crippen LogP contribution >= 0.6 is 11.6 Å². The summed E-state index contributed by atoms with van der Waals surface area (Å²) in [5.41, 5.74) is 9.29. The molecule has 1 unspecified atom stereocenters. The fraction of sp³-hybridized carbons (Fsp3) is 0.185. The number of nitrogen functional groups attached to an aromatic ring is 1. The zero-order valence-electron chi connectivity index (χ0n) is 19.1. The van der Waals surface area contributed by atoms with Gasteiger partial charge in [0, 0.05) is 35.3 Å². The van der Waals surface area contributed by atoms with Gasteiger partial charge in [-0.05, 0) is 30.3 Å². The van der Waals surface area contributed by atoms with E-state index in [9.17, 15) is 9.65 Å². The first-order valence-electron chi connectivity index (χ1n) is 11.3. The lowest BCUT2D eigenvalue weighted by Crippen LogP contribution is -2.16. The molecule has 1 aliphatic rings. The Hall–Kier alpha value is -4.06. The van der Waals surface area contributed by atoms with E-state index in [-0.39, 0.29) is 18.5 Å². The Balaban J connectivity index is 1.40. The van der Waals surface area contributed by atoms with Gasteiger partial charge >= 0.3 is 0 Å². The smallest absolute Gasteiger partial charge is 0.144 e. The number of pyridine rings is 1. The molecule has 7 nitrogen and oxygen atoms in total. The minimum atomic E-state index is -0.343. The summed E-state index contributed by atoms with van der Waals surface area (Å²) in [6, 6.07) is 17.2. The maximum atomic E-state index is 13.9. The number of nitrogens with one attached hydrogen (secondary N) is 1. The van der Waals surface area contributed by atoms with Crippen molar-refractivity contribution in [2.45, 2.75) is 19.1 Å². The lowest BCUT2D eigenvalue weighted by Gasteiger charge is -2.17. The van der Waals surface area contributed by atoms with Crippen LogP contribution in [0.15, 0.2) is 60.8 Å². The zero-order chi connectivity index (χ0) is 25.1. The Kier molecular flexibility index (Phi) is 6.76. The maximum absolute atomic E-state index is 13.9. The number of fused-ring (bicyclic) bond motifs is 1. The first kappa shape index (κ1) is 23.7. The summed E-state index contributed by atoms with van der Waals surface area (Å²) in [4.78, 5) is 4.42. The highest BCUT2D eigenvalue weighted by molar-refractivity contribution is 6.32. The van der Waals surface area contributed by atoms with Crippen molar-refractivity contribution in [3.8, 4) is 17.6 Å². The van der Waals surface area contributed by atoms with E-state index in [4.69, 9.17) is 31.5 Å². The van der Waals surface area contributed by atoms with E-state index < -0.39 is 0 Å². The average Bonchev–Trinajstić information content (AvgIpc) is 3.39. The van der Waals surface area contributed by atoms with Gasteiger partial charge in [-0.1, -0.05) is 29.8 Å². The summed E-state index contributed by atoms with van der Waals surface area (Å²) in [5.74, 6) is 0.595. The number of nitriles is 1. The number of hydrogen-bond acceptors (Lipinski definition) is 7. The highest BCUT2D eigenvalue weighted by atomic mass is 35.5. The second kappa shape index (κ2) is 10.3. The van der Waals surface area contributed by atoms with E-state index in [1.54, 1.807) is 48.5 Å². The topological polar surface area (TPSA) is 102 Å². The first-order valence-corrected chi connectivity index (χ1v) is 11.7. The highest BCUT2D eigenvalue weighted by Crippen LogP contribution is 2.37. The van der Waals surface area contributed by atoms with Crippen LogP contribution in [-0.4, -0.2) is 24.3 Å². The number of anilines is 3. The minimum absolute atomic E-state index is 0.0450. The molecule has 0 aliphatic carbocycles. The quantitative estimate of drug-likeness (QED) is 0.299. The molecule has 1 atom stereocenters. The largest absolute Gasteiger partial charge is 0.487 e. The van der Waals surface area contributed by atoms with Crippen molar-refractivity contribution in [3.63, 3.8) is 0 Å². The van der Waals surface area contributed by atoms with Crippen LogP contribution in [0.2, 0.25) is 5.02 Å². The van der Waals surface area contributed by atoms with Crippen LogP contribution in [0, 0.1) is 17.1 Å². The van der Waals surface area contributed by atoms with E-state index in [1.807, 2.05) is 0 Å². The maximum Gasteiger partial charge on any atom is 0.144 e. The third-order valence-corrected chi connectivity index (χ3v) is 6.14. The molecule has 5 rings (SSSR count). The molecule has 2 heterocycles. The Bertz CT molecular complexity index is 1470.